The molecule has 1 atom stereocenters. The van der Waals surface area contributed by atoms with Gasteiger partial charge in [-0.25, -0.2) is 4.98 Å². The summed E-state index contributed by atoms with van der Waals surface area (Å²) in [6.45, 7) is 5.99. The second-order valence-electron chi connectivity index (χ2n) is 7.91. The standard InChI is InChI=1S/C19H28N6O/c1-4-25-12-14(10-20-25)11-24-9-5-7-19(13-24)8-6-15-16(19)21-18(23(2)3)22-17(15)26/h10,12H,4-9,11,13H2,1-3H3,(H,21,22,26). The molecule has 0 amide bonds. The molecule has 1 N–H and O–H groups in total. The molecule has 26 heavy (non-hydrogen) atoms. The van der Waals surface area contributed by atoms with Gasteiger partial charge in [0.1, 0.15) is 0 Å². The minimum atomic E-state index is 0.0212. The third-order valence-corrected chi connectivity index (χ3v) is 5.86. The minimum Gasteiger partial charge on any atom is -0.348 e. The minimum absolute atomic E-state index is 0.0212. The number of anilines is 1. The van der Waals surface area contributed by atoms with E-state index in [2.05, 4.69) is 28.1 Å². The van der Waals surface area contributed by atoms with Crippen molar-refractivity contribution >= 4 is 5.95 Å². The first-order valence-corrected chi connectivity index (χ1v) is 9.55. The molecule has 0 aromatic carbocycles. The highest BCUT2D eigenvalue weighted by Crippen LogP contribution is 2.43. The molecule has 2 aromatic heterocycles. The van der Waals surface area contributed by atoms with E-state index in [-0.39, 0.29) is 11.0 Å². The number of nitrogens with one attached hydrogen (secondary N) is 1. The fraction of sp³-hybridized carbons (Fsp3) is 0.632. The zero-order valence-corrected chi connectivity index (χ0v) is 16.0. The Bertz CT molecular complexity index is 854. The quantitative estimate of drug-likeness (QED) is 0.900. The summed E-state index contributed by atoms with van der Waals surface area (Å²) in [5.74, 6) is 0.663. The summed E-state index contributed by atoms with van der Waals surface area (Å²) in [6, 6.07) is 0. The molecule has 0 radical (unpaired) electrons. The predicted octanol–water partition coefficient (Wildman–Crippen LogP) is 1.53. The Hall–Kier alpha value is -2.15. The van der Waals surface area contributed by atoms with E-state index in [1.165, 1.54) is 5.56 Å². The van der Waals surface area contributed by atoms with Gasteiger partial charge >= 0.3 is 0 Å². The van der Waals surface area contributed by atoms with Gasteiger partial charge in [-0.3, -0.25) is 19.4 Å². The van der Waals surface area contributed by atoms with Crippen LogP contribution in [-0.2, 0) is 24.9 Å². The Kier molecular flexibility index (Phi) is 4.34. The van der Waals surface area contributed by atoms with Crippen LogP contribution in [-0.4, -0.2) is 51.8 Å². The van der Waals surface area contributed by atoms with Crippen molar-refractivity contribution in [2.24, 2.45) is 0 Å². The first-order valence-electron chi connectivity index (χ1n) is 9.55. The van der Waals surface area contributed by atoms with E-state index in [9.17, 15) is 4.79 Å². The topological polar surface area (TPSA) is 70.1 Å². The van der Waals surface area contributed by atoms with Crippen LogP contribution in [0.2, 0.25) is 0 Å². The maximum Gasteiger partial charge on any atom is 0.255 e. The molecule has 4 rings (SSSR count). The highest BCUT2D eigenvalue weighted by Gasteiger charge is 2.44. The van der Waals surface area contributed by atoms with Crippen LogP contribution in [0.5, 0.6) is 0 Å². The first-order chi connectivity index (χ1) is 12.5. The molecular formula is C19H28N6O. The van der Waals surface area contributed by atoms with Gasteiger partial charge in [0.05, 0.1) is 11.9 Å². The number of hydrogen-bond acceptors (Lipinski definition) is 5. The Labute approximate surface area is 154 Å². The molecule has 7 heteroatoms. The number of fused-ring (bicyclic) bond motifs is 2. The maximum absolute atomic E-state index is 12.5. The Morgan fingerprint density at radius 2 is 2.19 bits per heavy atom. The predicted molar refractivity (Wildman–Crippen MR) is 102 cm³/mol. The van der Waals surface area contributed by atoms with Crippen molar-refractivity contribution in [1.29, 1.82) is 0 Å². The van der Waals surface area contributed by atoms with E-state index >= 15 is 0 Å². The number of H-pyrrole nitrogens is 1. The zero-order valence-electron chi connectivity index (χ0n) is 16.0. The van der Waals surface area contributed by atoms with Crippen molar-refractivity contribution in [3.05, 3.63) is 39.6 Å². The summed E-state index contributed by atoms with van der Waals surface area (Å²) in [6.07, 6.45) is 8.24. The molecule has 1 aliphatic carbocycles. The van der Waals surface area contributed by atoms with Gasteiger partial charge in [0.2, 0.25) is 5.95 Å². The average Bonchev–Trinajstić information content (AvgIpc) is 3.21. The highest BCUT2D eigenvalue weighted by atomic mass is 16.1. The highest BCUT2D eigenvalue weighted by molar-refractivity contribution is 5.39. The van der Waals surface area contributed by atoms with Crippen molar-refractivity contribution in [2.45, 2.75) is 51.1 Å². The van der Waals surface area contributed by atoms with Crippen molar-refractivity contribution in [2.75, 3.05) is 32.1 Å². The van der Waals surface area contributed by atoms with Gasteiger partial charge in [-0.2, -0.15) is 5.10 Å². The lowest BCUT2D eigenvalue weighted by Crippen LogP contribution is -2.45. The molecule has 1 saturated heterocycles. The Morgan fingerprint density at radius 1 is 1.35 bits per heavy atom. The summed E-state index contributed by atoms with van der Waals surface area (Å²) in [5, 5.41) is 4.39. The fourth-order valence-corrected chi connectivity index (χ4v) is 4.53. The number of rotatable bonds is 4. The SMILES string of the molecule is CCn1cc(CN2CCCC3(CCc4c3nc(N(C)C)[nH]c4=O)C2)cn1. The molecule has 1 fully saturated rings. The zero-order chi connectivity index (χ0) is 18.3. The number of aromatic amines is 1. The van der Waals surface area contributed by atoms with Gasteiger partial charge in [-0.05, 0) is 39.2 Å². The molecule has 0 saturated carbocycles. The lowest BCUT2D eigenvalue weighted by Gasteiger charge is -2.40. The Morgan fingerprint density at radius 3 is 2.92 bits per heavy atom. The summed E-state index contributed by atoms with van der Waals surface area (Å²) in [4.78, 5) is 24.7. The molecule has 1 spiro atoms. The van der Waals surface area contributed by atoms with Crippen LogP contribution in [0.25, 0.3) is 0 Å². The van der Waals surface area contributed by atoms with E-state index < -0.39 is 0 Å². The summed E-state index contributed by atoms with van der Waals surface area (Å²) in [7, 11) is 3.84. The number of piperidine rings is 1. The second kappa shape index (κ2) is 6.54. The van der Waals surface area contributed by atoms with Crippen LogP contribution in [0.4, 0.5) is 5.95 Å². The monoisotopic (exact) mass is 356 g/mol. The van der Waals surface area contributed by atoms with Gasteiger partial charge in [0.25, 0.3) is 5.56 Å². The van der Waals surface area contributed by atoms with E-state index in [1.807, 2.05) is 29.9 Å². The molecule has 1 unspecified atom stereocenters. The average molecular weight is 356 g/mol. The molecule has 2 aliphatic rings. The lowest BCUT2D eigenvalue weighted by molar-refractivity contribution is 0.137. The van der Waals surface area contributed by atoms with Crippen LogP contribution in [0.3, 0.4) is 0 Å². The van der Waals surface area contributed by atoms with E-state index in [0.717, 1.165) is 63.1 Å². The third kappa shape index (κ3) is 2.94. The number of hydrogen-bond donors (Lipinski definition) is 1. The molecule has 7 nitrogen and oxygen atoms in total. The largest absolute Gasteiger partial charge is 0.348 e. The smallest absolute Gasteiger partial charge is 0.255 e. The number of aromatic nitrogens is 4. The van der Waals surface area contributed by atoms with Crippen LogP contribution in [0, 0.1) is 0 Å². The van der Waals surface area contributed by atoms with Gasteiger partial charge < -0.3 is 4.90 Å². The van der Waals surface area contributed by atoms with Crippen molar-refractivity contribution < 1.29 is 0 Å². The third-order valence-electron chi connectivity index (χ3n) is 5.86. The van der Waals surface area contributed by atoms with E-state index in [0.29, 0.717) is 5.95 Å². The van der Waals surface area contributed by atoms with Gasteiger partial charge in [-0.1, -0.05) is 0 Å². The summed E-state index contributed by atoms with van der Waals surface area (Å²) in [5.41, 5.74) is 3.26. The van der Waals surface area contributed by atoms with Gasteiger partial charge in [0, 0.05) is 56.5 Å². The molecule has 1 aliphatic heterocycles. The maximum atomic E-state index is 12.5. The second-order valence-corrected chi connectivity index (χ2v) is 7.91. The van der Waals surface area contributed by atoms with Crippen LogP contribution >= 0.6 is 0 Å². The fourth-order valence-electron chi connectivity index (χ4n) is 4.53. The molecule has 3 heterocycles. The van der Waals surface area contributed by atoms with Crippen molar-refractivity contribution in [3.8, 4) is 0 Å². The normalized spacial score (nSPS) is 22.7. The first kappa shape index (κ1) is 17.3. The van der Waals surface area contributed by atoms with Crippen LogP contribution < -0.4 is 10.5 Å². The molecule has 0 bridgehead atoms. The van der Waals surface area contributed by atoms with Crippen molar-refractivity contribution in [1.82, 2.24) is 24.6 Å². The lowest BCUT2D eigenvalue weighted by atomic mass is 9.77. The van der Waals surface area contributed by atoms with E-state index in [1.54, 1.807) is 0 Å². The number of aryl methyl sites for hydroxylation is 1. The molecular weight excluding hydrogens is 328 g/mol. The van der Waals surface area contributed by atoms with Crippen LogP contribution in [0.15, 0.2) is 17.2 Å². The Balaban J connectivity index is 1.61. The summed E-state index contributed by atoms with van der Waals surface area (Å²) >= 11 is 0. The molecule has 140 valence electrons. The van der Waals surface area contributed by atoms with Gasteiger partial charge in [-0.15, -0.1) is 0 Å². The van der Waals surface area contributed by atoms with Crippen LogP contribution in [0.1, 0.15) is 43.0 Å². The number of nitrogens with zero attached hydrogens (tertiary/aromatic N) is 5. The number of likely N-dealkylation sites (tertiary alicyclic amines) is 1. The van der Waals surface area contributed by atoms with Gasteiger partial charge in [0.15, 0.2) is 0 Å². The van der Waals surface area contributed by atoms with Crippen molar-refractivity contribution in [3.63, 3.8) is 0 Å². The van der Waals surface area contributed by atoms with E-state index in [4.69, 9.17) is 4.98 Å². The summed E-state index contributed by atoms with van der Waals surface area (Å²) < 4.78 is 1.98. The molecule has 2 aromatic rings.